The molecular formula is C15H19N3O3S. The topological polar surface area (TPSA) is 83.7 Å². The van der Waals surface area contributed by atoms with E-state index in [0.717, 1.165) is 0 Å². The van der Waals surface area contributed by atoms with Gasteiger partial charge in [0.2, 0.25) is 0 Å². The Balaban J connectivity index is 2.40. The minimum atomic E-state index is -1.30. The molecule has 0 bridgehead atoms. The molecule has 2 aromatic rings. The van der Waals surface area contributed by atoms with E-state index in [9.17, 15) is 14.7 Å². The molecule has 0 fully saturated rings. The molecular weight excluding hydrogens is 302 g/mol. The summed E-state index contributed by atoms with van der Waals surface area (Å²) in [7, 11) is 0. The maximum atomic E-state index is 12.5. The SMILES string of the molecule is CCCC(C)(NC(=O)c1nc(SC)n2ccccc12)C(=O)O. The van der Waals surface area contributed by atoms with Crippen molar-refractivity contribution < 1.29 is 14.7 Å². The van der Waals surface area contributed by atoms with Gasteiger partial charge in [0.05, 0.1) is 5.52 Å². The highest BCUT2D eigenvalue weighted by molar-refractivity contribution is 7.98. The molecule has 2 rings (SSSR count). The zero-order valence-electron chi connectivity index (χ0n) is 12.8. The van der Waals surface area contributed by atoms with Crippen molar-refractivity contribution in [3.8, 4) is 0 Å². The fourth-order valence-corrected chi connectivity index (χ4v) is 2.89. The third-order valence-corrected chi connectivity index (χ3v) is 4.18. The van der Waals surface area contributed by atoms with Gasteiger partial charge in [-0.05, 0) is 31.7 Å². The fourth-order valence-electron chi connectivity index (χ4n) is 2.35. The van der Waals surface area contributed by atoms with Gasteiger partial charge in [-0.2, -0.15) is 0 Å². The van der Waals surface area contributed by atoms with E-state index < -0.39 is 17.4 Å². The number of nitrogens with one attached hydrogen (secondary N) is 1. The van der Waals surface area contributed by atoms with Gasteiger partial charge in [-0.15, -0.1) is 0 Å². The summed E-state index contributed by atoms with van der Waals surface area (Å²) in [5.41, 5.74) is -0.391. The first kappa shape index (κ1) is 16.4. The normalized spacial score (nSPS) is 13.8. The quantitative estimate of drug-likeness (QED) is 0.798. The monoisotopic (exact) mass is 321 g/mol. The van der Waals surface area contributed by atoms with Crippen molar-refractivity contribution in [2.24, 2.45) is 0 Å². The molecule has 2 aromatic heterocycles. The van der Waals surface area contributed by atoms with Gasteiger partial charge in [0.25, 0.3) is 5.91 Å². The number of fused-ring (bicyclic) bond motifs is 1. The zero-order chi connectivity index (χ0) is 16.3. The Morgan fingerprint density at radius 2 is 2.18 bits per heavy atom. The molecule has 1 atom stereocenters. The van der Waals surface area contributed by atoms with Crippen LogP contribution < -0.4 is 5.32 Å². The van der Waals surface area contributed by atoms with E-state index in [4.69, 9.17) is 0 Å². The van der Waals surface area contributed by atoms with Gasteiger partial charge in [0.15, 0.2) is 10.9 Å². The summed E-state index contributed by atoms with van der Waals surface area (Å²) in [6, 6.07) is 5.47. The van der Waals surface area contributed by atoms with Gasteiger partial charge in [-0.3, -0.25) is 9.20 Å². The van der Waals surface area contributed by atoms with Crippen LogP contribution >= 0.6 is 11.8 Å². The molecule has 22 heavy (non-hydrogen) atoms. The lowest BCUT2D eigenvalue weighted by Crippen LogP contribution is -2.52. The van der Waals surface area contributed by atoms with Crippen LogP contribution in [-0.2, 0) is 4.79 Å². The molecule has 7 heteroatoms. The summed E-state index contributed by atoms with van der Waals surface area (Å²) in [6.45, 7) is 3.40. The van der Waals surface area contributed by atoms with Crippen LogP contribution in [0.3, 0.4) is 0 Å². The Morgan fingerprint density at radius 3 is 2.77 bits per heavy atom. The molecule has 0 aromatic carbocycles. The predicted octanol–water partition coefficient (Wildman–Crippen LogP) is 2.43. The van der Waals surface area contributed by atoms with E-state index in [0.29, 0.717) is 23.5 Å². The van der Waals surface area contributed by atoms with E-state index in [1.165, 1.54) is 18.7 Å². The summed E-state index contributed by atoms with van der Waals surface area (Å²) in [6.07, 6.45) is 4.72. The molecule has 1 amide bonds. The van der Waals surface area contributed by atoms with Crippen molar-refractivity contribution in [2.45, 2.75) is 37.4 Å². The fraction of sp³-hybridized carbons (Fsp3) is 0.400. The number of pyridine rings is 1. The zero-order valence-corrected chi connectivity index (χ0v) is 13.6. The first-order valence-electron chi connectivity index (χ1n) is 7.00. The van der Waals surface area contributed by atoms with Gasteiger partial charge in [-0.25, -0.2) is 9.78 Å². The summed E-state index contributed by atoms with van der Waals surface area (Å²) in [4.78, 5) is 28.3. The average molecular weight is 321 g/mol. The van der Waals surface area contributed by atoms with Crippen molar-refractivity contribution in [2.75, 3.05) is 6.26 Å². The number of aliphatic carboxylic acids is 1. The number of carbonyl (C=O) groups is 2. The lowest BCUT2D eigenvalue weighted by atomic mass is 9.96. The second-order valence-electron chi connectivity index (χ2n) is 5.24. The largest absolute Gasteiger partial charge is 0.480 e. The highest BCUT2D eigenvalue weighted by Crippen LogP contribution is 2.21. The Labute approximate surface area is 132 Å². The number of hydrogen-bond donors (Lipinski definition) is 2. The van der Waals surface area contributed by atoms with Crippen LogP contribution in [0.2, 0.25) is 0 Å². The van der Waals surface area contributed by atoms with E-state index >= 15 is 0 Å². The average Bonchev–Trinajstić information content (AvgIpc) is 2.86. The molecule has 0 aliphatic carbocycles. The predicted molar refractivity (Wildman–Crippen MR) is 85.4 cm³/mol. The Bertz CT molecular complexity index is 713. The molecule has 0 saturated heterocycles. The number of thioether (sulfide) groups is 1. The molecule has 0 aliphatic heterocycles. The first-order valence-corrected chi connectivity index (χ1v) is 8.22. The molecule has 0 saturated carbocycles. The number of rotatable bonds is 6. The van der Waals surface area contributed by atoms with E-state index in [1.54, 1.807) is 6.07 Å². The molecule has 1 unspecified atom stereocenters. The second-order valence-corrected chi connectivity index (χ2v) is 6.02. The third kappa shape index (κ3) is 2.94. The van der Waals surface area contributed by atoms with Gasteiger partial charge < -0.3 is 10.4 Å². The molecule has 2 heterocycles. The highest BCUT2D eigenvalue weighted by atomic mass is 32.2. The molecule has 0 spiro atoms. The minimum absolute atomic E-state index is 0.244. The number of imidazole rings is 1. The molecule has 0 aliphatic rings. The van der Waals surface area contributed by atoms with Crippen LogP contribution in [0.4, 0.5) is 0 Å². The van der Waals surface area contributed by atoms with Gasteiger partial charge >= 0.3 is 5.97 Å². The number of hydrogen-bond acceptors (Lipinski definition) is 4. The van der Waals surface area contributed by atoms with Crippen LogP contribution in [0.15, 0.2) is 29.6 Å². The van der Waals surface area contributed by atoms with Crippen molar-refractivity contribution in [1.29, 1.82) is 0 Å². The molecule has 118 valence electrons. The van der Waals surface area contributed by atoms with E-state index in [-0.39, 0.29) is 5.69 Å². The molecule has 6 nitrogen and oxygen atoms in total. The lowest BCUT2D eigenvalue weighted by molar-refractivity contribution is -0.144. The number of amides is 1. The van der Waals surface area contributed by atoms with Crippen LogP contribution in [0.25, 0.3) is 5.52 Å². The van der Waals surface area contributed by atoms with Crippen LogP contribution in [0.1, 0.15) is 37.2 Å². The Kier molecular flexibility index (Phi) is 4.75. The number of carboxylic acids is 1. The van der Waals surface area contributed by atoms with Gasteiger partial charge in [0, 0.05) is 6.20 Å². The van der Waals surface area contributed by atoms with Crippen molar-refractivity contribution in [3.05, 3.63) is 30.1 Å². The summed E-state index contributed by atoms with van der Waals surface area (Å²) < 4.78 is 1.82. The van der Waals surface area contributed by atoms with Crippen LogP contribution in [-0.4, -0.2) is 38.2 Å². The lowest BCUT2D eigenvalue weighted by Gasteiger charge is -2.25. The van der Waals surface area contributed by atoms with Crippen molar-refractivity contribution in [3.63, 3.8) is 0 Å². The third-order valence-electron chi connectivity index (χ3n) is 3.53. The Morgan fingerprint density at radius 1 is 1.45 bits per heavy atom. The first-order chi connectivity index (χ1) is 10.4. The smallest absolute Gasteiger partial charge is 0.329 e. The van der Waals surface area contributed by atoms with Crippen molar-refractivity contribution >= 4 is 29.2 Å². The van der Waals surface area contributed by atoms with Gasteiger partial charge in [-0.1, -0.05) is 31.2 Å². The number of aromatic nitrogens is 2. The summed E-state index contributed by atoms with van der Waals surface area (Å²) >= 11 is 1.43. The highest BCUT2D eigenvalue weighted by Gasteiger charge is 2.35. The molecule has 2 N–H and O–H groups in total. The maximum Gasteiger partial charge on any atom is 0.329 e. The Hall–Kier alpha value is -2.02. The van der Waals surface area contributed by atoms with E-state index in [2.05, 4.69) is 10.3 Å². The maximum absolute atomic E-state index is 12.5. The van der Waals surface area contributed by atoms with Crippen LogP contribution in [0, 0.1) is 0 Å². The summed E-state index contributed by atoms with van der Waals surface area (Å²) in [5.74, 6) is -1.52. The number of carboxylic acid groups (broad SMARTS) is 1. The van der Waals surface area contributed by atoms with Crippen molar-refractivity contribution in [1.82, 2.24) is 14.7 Å². The number of nitrogens with zero attached hydrogens (tertiary/aromatic N) is 2. The van der Waals surface area contributed by atoms with Gasteiger partial charge in [0.1, 0.15) is 5.54 Å². The molecule has 0 radical (unpaired) electrons. The number of carbonyl (C=O) groups excluding carboxylic acids is 1. The standard InChI is InChI=1S/C15H19N3O3S/c1-4-8-15(2,13(20)21)17-12(19)11-10-7-5-6-9-18(10)14(16-11)22-3/h5-7,9H,4,8H2,1-3H3,(H,17,19)(H,20,21). The summed E-state index contributed by atoms with van der Waals surface area (Å²) in [5, 5.41) is 12.7. The van der Waals surface area contributed by atoms with E-state index in [1.807, 2.05) is 35.9 Å². The minimum Gasteiger partial charge on any atom is -0.480 e. The second kappa shape index (κ2) is 6.39. The van der Waals surface area contributed by atoms with Crippen LogP contribution in [0.5, 0.6) is 0 Å².